The highest BCUT2D eigenvalue weighted by atomic mass is 19.1. The lowest BCUT2D eigenvalue weighted by Crippen LogP contribution is -2.25. The number of ether oxygens (including phenoxy) is 5. The molecular formula is C34H33F2N5O7. The zero-order valence-corrected chi connectivity index (χ0v) is 26.4. The second-order valence-electron chi connectivity index (χ2n) is 11.0. The topological polar surface area (TPSA) is 129 Å². The van der Waals surface area contributed by atoms with Crippen molar-refractivity contribution >= 4 is 16.7 Å². The number of hydrogen-bond donors (Lipinski definition) is 0. The summed E-state index contributed by atoms with van der Waals surface area (Å²) < 4.78 is 59.4. The number of nitrogens with zero attached hydrogens (tertiary/aromatic N) is 5. The SMILES string of the molecule is COCCOc1cc2ncnc(Oc3ccc(CC(=O)c4c5n(n(-c6cc(F)ccc6F)c4=O)CCCC5)nc3)c2cc1OCCOC. The number of halogens is 2. The average molecular weight is 662 g/mol. The second kappa shape index (κ2) is 14.7. The molecule has 0 aliphatic carbocycles. The lowest BCUT2D eigenvalue weighted by Gasteiger charge is -2.19. The van der Waals surface area contributed by atoms with Crippen LogP contribution in [0.1, 0.15) is 34.6 Å². The maximum Gasteiger partial charge on any atom is 0.282 e. The summed E-state index contributed by atoms with van der Waals surface area (Å²) in [6, 6.07) is 9.61. The fourth-order valence-corrected chi connectivity index (χ4v) is 5.56. The number of Topliss-reactive ketones (excluding diaryl/α,β-unsaturated/α-hetero) is 1. The molecular weight excluding hydrogens is 628 g/mol. The molecule has 0 bridgehead atoms. The van der Waals surface area contributed by atoms with Crippen LogP contribution in [-0.4, -0.2) is 70.7 Å². The van der Waals surface area contributed by atoms with Crippen molar-refractivity contribution in [3.8, 4) is 28.8 Å². The Morgan fingerprint density at radius 1 is 0.896 bits per heavy atom. The molecule has 0 spiro atoms. The predicted octanol–water partition coefficient (Wildman–Crippen LogP) is 4.86. The Bertz CT molecular complexity index is 2000. The maximum atomic E-state index is 14.7. The smallest absolute Gasteiger partial charge is 0.282 e. The summed E-state index contributed by atoms with van der Waals surface area (Å²) in [5.41, 5.74) is 0.499. The summed E-state index contributed by atoms with van der Waals surface area (Å²) in [6.45, 7) is 1.77. The number of benzene rings is 2. The third-order valence-corrected chi connectivity index (χ3v) is 7.80. The van der Waals surface area contributed by atoms with E-state index in [-0.39, 0.29) is 23.6 Å². The van der Waals surface area contributed by atoms with E-state index in [0.717, 1.165) is 35.7 Å². The van der Waals surface area contributed by atoms with Crippen LogP contribution in [0, 0.1) is 11.6 Å². The van der Waals surface area contributed by atoms with Crippen LogP contribution in [0.5, 0.6) is 23.1 Å². The van der Waals surface area contributed by atoms with Gasteiger partial charge in [0.2, 0.25) is 5.88 Å². The average Bonchev–Trinajstić information content (AvgIpc) is 3.38. The molecule has 48 heavy (non-hydrogen) atoms. The molecule has 3 aromatic heterocycles. The number of hydrogen-bond acceptors (Lipinski definition) is 10. The highest BCUT2D eigenvalue weighted by molar-refractivity contribution is 5.98. The van der Waals surface area contributed by atoms with E-state index in [0.29, 0.717) is 78.9 Å². The lowest BCUT2D eigenvalue weighted by molar-refractivity contribution is 0.0989. The summed E-state index contributed by atoms with van der Waals surface area (Å²) in [5.74, 6) is -0.388. The minimum atomic E-state index is -0.761. The number of ketones is 1. The van der Waals surface area contributed by atoms with Crippen LogP contribution < -0.4 is 19.8 Å². The van der Waals surface area contributed by atoms with Gasteiger partial charge in [-0.2, -0.15) is 0 Å². The molecule has 1 aliphatic heterocycles. The zero-order chi connectivity index (χ0) is 33.6. The molecule has 0 N–H and O–H groups in total. The molecule has 250 valence electrons. The van der Waals surface area contributed by atoms with Crippen molar-refractivity contribution in [1.29, 1.82) is 0 Å². The summed E-state index contributed by atoms with van der Waals surface area (Å²) >= 11 is 0. The van der Waals surface area contributed by atoms with Crippen molar-refractivity contribution in [2.45, 2.75) is 32.2 Å². The molecule has 0 saturated carbocycles. The minimum absolute atomic E-state index is 0.0398. The van der Waals surface area contributed by atoms with Gasteiger partial charge >= 0.3 is 0 Å². The first kappa shape index (κ1) is 32.7. The van der Waals surface area contributed by atoms with Crippen molar-refractivity contribution in [1.82, 2.24) is 24.3 Å². The Labute approximate surface area is 273 Å². The highest BCUT2D eigenvalue weighted by Crippen LogP contribution is 2.36. The zero-order valence-electron chi connectivity index (χ0n) is 26.4. The van der Waals surface area contributed by atoms with Crippen molar-refractivity contribution in [2.24, 2.45) is 0 Å². The largest absolute Gasteiger partial charge is 0.487 e. The quantitative estimate of drug-likeness (QED) is 0.120. The Morgan fingerprint density at radius 3 is 2.40 bits per heavy atom. The van der Waals surface area contributed by atoms with Crippen molar-refractivity contribution in [2.75, 3.05) is 40.6 Å². The number of aromatic nitrogens is 5. The molecule has 14 heteroatoms. The fraction of sp³-hybridized carbons (Fsp3) is 0.324. The standard InChI is InChI=1S/C34H33F2N5O7/c1-44-11-13-46-30-17-24-26(18-31(30)47-14-12-45-2)38-20-39-33(24)48-23-8-7-22(37-19-23)16-29(42)32-27-5-3-4-10-40(27)41(34(32)43)28-15-21(35)6-9-25(28)36/h6-9,15,17-20H,3-5,10-14,16H2,1-2H3. The first-order chi connectivity index (χ1) is 23.4. The molecule has 5 aromatic rings. The van der Waals surface area contributed by atoms with E-state index in [4.69, 9.17) is 23.7 Å². The van der Waals surface area contributed by atoms with Gasteiger partial charge in [0.25, 0.3) is 5.56 Å². The van der Waals surface area contributed by atoms with Gasteiger partial charge in [0.15, 0.2) is 17.3 Å². The Balaban J connectivity index is 1.23. The lowest BCUT2D eigenvalue weighted by atomic mass is 10.0. The van der Waals surface area contributed by atoms with Crippen LogP contribution >= 0.6 is 0 Å². The van der Waals surface area contributed by atoms with Gasteiger partial charge in [-0.25, -0.2) is 23.4 Å². The molecule has 12 nitrogen and oxygen atoms in total. The van der Waals surface area contributed by atoms with Gasteiger partial charge in [-0.15, -0.1) is 0 Å². The summed E-state index contributed by atoms with van der Waals surface area (Å²) in [5, 5.41) is 0.563. The fourth-order valence-electron chi connectivity index (χ4n) is 5.56. The van der Waals surface area contributed by atoms with Crippen LogP contribution in [0.2, 0.25) is 0 Å². The third-order valence-electron chi connectivity index (χ3n) is 7.80. The number of rotatable bonds is 14. The first-order valence-corrected chi connectivity index (χ1v) is 15.4. The van der Waals surface area contributed by atoms with Crippen LogP contribution in [0.4, 0.5) is 8.78 Å². The van der Waals surface area contributed by atoms with E-state index in [1.165, 1.54) is 12.5 Å². The normalized spacial score (nSPS) is 12.6. The predicted molar refractivity (Wildman–Crippen MR) is 170 cm³/mol. The van der Waals surface area contributed by atoms with E-state index in [1.54, 1.807) is 43.2 Å². The number of pyridine rings is 1. The Kier molecular flexibility index (Phi) is 10.0. The Morgan fingerprint density at radius 2 is 1.67 bits per heavy atom. The number of methoxy groups -OCH3 is 2. The number of carbonyl (C=O) groups is 1. The van der Waals surface area contributed by atoms with Gasteiger partial charge in [0, 0.05) is 38.6 Å². The molecule has 0 radical (unpaired) electrons. The molecule has 2 aromatic carbocycles. The van der Waals surface area contributed by atoms with E-state index in [1.807, 2.05) is 0 Å². The Hall–Kier alpha value is -5.21. The van der Waals surface area contributed by atoms with Gasteiger partial charge < -0.3 is 23.7 Å². The molecule has 1 aliphatic rings. The van der Waals surface area contributed by atoms with Crippen molar-refractivity contribution < 1.29 is 37.3 Å². The van der Waals surface area contributed by atoms with E-state index < -0.39 is 23.0 Å². The van der Waals surface area contributed by atoms with Gasteiger partial charge in [-0.05, 0) is 49.6 Å². The number of fused-ring (bicyclic) bond motifs is 2. The van der Waals surface area contributed by atoms with E-state index >= 15 is 0 Å². The molecule has 0 saturated heterocycles. The summed E-state index contributed by atoms with van der Waals surface area (Å²) in [4.78, 5) is 40.1. The monoisotopic (exact) mass is 661 g/mol. The first-order valence-electron chi connectivity index (χ1n) is 15.4. The minimum Gasteiger partial charge on any atom is -0.487 e. The van der Waals surface area contributed by atoms with Gasteiger partial charge in [-0.3, -0.25) is 19.3 Å². The van der Waals surface area contributed by atoms with Gasteiger partial charge in [-0.1, -0.05) is 0 Å². The number of carbonyl (C=O) groups excluding carboxylic acids is 1. The highest BCUT2D eigenvalue weighted by Gasteiger charge is 2.29. The molecule has 6 rings (SSSR count). The van der Waals surface area contributed by atoms with Crippen LogP contribution in [0.15, 0.2) is 59.8 Å². The molecule has 0 fully saturated rings. The van der Waals surface area contributed by atoms with Crippen LogP contribution in [0.3, 0.4) is 0 Å². The van der Waals surface area contributed by atoms with Crippen LogP contribution in [-0.2, 0) is 28.9 Å². The second-order valence-corrected chi connectivity index (χ2v) is 11.0. The summed E-state index contributed by atoms with van der Waals surface area (Å²) in [6.07, 6.45) is 4.60. The van der Waals surface area contributed by atoms with Gasteiger partial charge in [0.1, 0.15) is 48.2 Å². The molecule has 0 amide bonds. The van der Waals surface area contributed by atoms with Crippen molar-refractivity contribution in [3.63, 3.8) is 0 Å². The summed E-state index contributed by atoms with van der Waals surface area (Å²) in [7, 11) is 3.16. The third kappa shape index (κ3) is 6.89. The van der Waals surface area contributed by atoms with E-state index in [2.05, 4.69) is 15.0 Å². The molecule has 4 heterocycles. The van der Waals surface area contributed by atoms with E-state index in [9.17, 15) is 18.4 Å². The maximum absolute atomic E-state index is 14.7. The van der Waals surface area contributed by atoms with Gasteiger partial charge in [0.05, 0.1) is 42.4 Å². The molecule has 0 atom stereocenters. The molecule has 0 unspecified atom stereocenters. The van der Waals surface area contributed by atoms with Crippen molar-refractivity contribution in [3.05, 3.63) is 93.9 Å². The van der Waals surface area contributed by atoms with Crippen LogP contribution in [0.25, 0.3) is 16.6 Å².